The van der Waals surface area contributed by atoms with Crippen LogP contribution in [0.3, 0.4) is 0 Å². The highest BCUT2D eigenvalue weighted by molar-refractivity contribution is 6.53. The van der Waals surface area contributed by atoms with Crippen LogP contribution >= 0.6 is 23.2 Å². The molecule has 0 aromatic heterocycles. The van der Waals surface area contributed by atoms with Crippen LogP contribution in [0.2, 0.25) is 0 Å². The van der Waals surface area contributed by atoms with Gasteiger partial charge in [-0.1, -0.05) is 48.0 Å². The average molecular weight is 347 g/mol. The SMILES string of the molecule is Cc1ccc(C(=O)N/N=C\[C@H]2[C@@H](c3ccccc3)C2(Cl)Cl)cc1. The molecular weight excluding hydrogens is 331 g/mol. The van der Waals surface area contributed by atoms with E-state index in [4.69, 9.17) is 23.2 Å². The predicted octanol–water partition coefficient (Wildman–Crippen LogP) is 4.30. The Morgan fingerprint density at radius 1 is 1.13 bits per heavy atom. The lowest BCUT2D eigenvalue weighted by molar-refractivity contribution is 0.0955. The van der Waals surface area contributed by atoms with Crippen LogP contribution in [0.4, 0.5) is 0 Å². The fourth-order valence-electron chi connectivity index (χ4n) is 2.57. The number of benzene rings is 2. The van der Waals surface area contributed by atoms with Crippen LogP contribution in [0.25, 0.3) is 0 Å². The van der Waals surface area contributed by atoms with Crippen molar-refractivity contribution in [2.24, 2.45) is 11.0 Å². The summed E-state index contributed by atoms with van der Waals surface area (Å²) in [6, 6.07) is 17.1. The zero-order valence-electron chi connectivity index (χ0n) is 12.5. The van der Waals surface area contributed by atoms with E-state index in [-0.39, 0.29) is 17.7 Å². The second-order valence-electron chi connectivity index (χ2n) is 5.67. The van der Waals surface area contributed by atoms with Crippen molar-refractivity contribution in [3.63, 3.8) is 0 Å². The summed E-state index contributed by atoms with van der Waals surface area (Å²) >= 11 is 12.6. The molecule has 118 valence electrons. The zero-order valence-corrected chi connectivity index (χ0v) is 14.1. The maximum Gasteiger partial charge on any atom is 0.271 e. The van der Waals surface area contributed by atoms with Crippen molar-refractivity contribution in [3.05, 3.63) is 71.3 Å². The fourth-order valence-corrected chi connectivity index (χ4v) is 3.33. The molecule has 3 rings (SSSR count). The van der Waals surface area contributed by atoms with Crippen molar-refractivity contribution < 1.29 is 4.79 Å². The van der Waals surface area contributed by atoms with Gasteiger partial charge in [-0.2, -0.15) is 5.10 Å². The van der Waals surface area contributed by atoms with E-state index in [1.165, 1.54) is 0 Å². The van der Waals surface area contributed by atoms with Gasteiger partial charge < -0.3 is 0 Å². The van der Waals surface area contributed by atoms with Crippen LogP contribution in [-0.2, 0) is 0 Å². The Kier molecular flexibility index (Phi) is 4.42. The molecule has 2 aromatic rings. The van der Waals surface area contributed by atoms with E-state index in [1.807, 2.05) is 49.4 Å². The van der Waals surface area contributed by atoms with Gasteiger partial charge in [-0.3, -0.25) is 4.79 Å². The smallest absolute Gasteiger partial charge is 0.267 e. The lowest BCUT2D eigenvalue weighted by Gasteiger charge is -2.00. The number of alkyl halides is 2. The number of carbonyl (C=O) groups is 1. The minimum atomic E-state index is -0.876. The van der Waals surface area contributed by atoms with E-state index >= 15 is 0 Å². The molecule has 0 saturated heterocycles. The van der Waals surface area contributed by atoms with Gasteiger partial charge in [0.15, 0.2) is 0 Å². The van der Waals surface area contributed by atoms with Crippen molar-refractivity contribution >= 4 is 35.3 Å². The highest BCUT2D eigenvalue weighted by Gasteiger charge is 2.63. The third-order valence-electron chi connectivity index (χ3n) is 3.98. The number of halogens is 2. The summed E-state index contributed by atoms with van der Waals surface area (Å²) in [4.78, 5) is 12.0. The van der Waals surface area contributed by atoms with Gasteiger partial charge in [0.2, 0.25) is 0 Å². The second kappa shape index (κ2) is 6.34. The predicted molar refractivity (Wildman–Crippen MR) is 94.2 cm³/mol. The molecule has 0 heterocycles. The molecule has 2 atom stereocenters. The Balaban J connectivity index is 1.62. The summed E-state index contributed by atoms with van der Waals surface area (Å²) in [7, 11) is 0. The molecular formula is C18H16Cl2N2O. The van der Waals surface area contributed by atoms with Crippen LogP contribution in [0, 0.1) is 12.8 Å². The Morgan fingerprint density at radius 2 is 1.78 bits per heavy atom. The normalized spacial score (nSPS) is 22.0. The summed E-state index contributed by atoms with van der Waals surface area (Å²) in [5.41, 5.74) is 5.24. The van der Waals surface area contributed by atoms with E-state index in [9.17, 15) is 4.79 Å². The zero-order chi connectivity index (χ0) is 16.4. The quantitative estimate of drug-likeness (QED) is 0.500. The van der Waals surface area contributed by atoms with Gasteiger partial charge in [0, 0.05) is 23.6 Å². The van der Waals surface area contributed by atoms with Crippen LogP contribution in [0.15, 0.2) is 59.7 Å². The number of rotatable bonds is 4. The average Bonchev–Trinajstić information content (AvgIpc) is 3.09. The van der Waals surface area contributed by atoms with E-state index in [1.54, 1.807) is 18.3 Å². The standard InChI is InChI=1S/C18H16Cl2N2O/c1-12-7-9-14(10-8-12)17(23)22-21-11-15-16(18(15,19)20)13-5-3-2-4-6-13/h2-11,15-16H,1H3,(H,22,23)/b21-11-/t15-,16+/m0/s1. The molecule has 23 heavy (non-hydrogen) atoms. The maximum absolute atomic E-state index is 12.0. The topological polar surface area (TPSA) is 41.5 Å². The Hall–Kier alpha value is -1.84. The molecule has 1 aliphatic carbocycles. The highest BCUT2D eigenvalue weighted by atomic mass is 35.5. The maximum atomic E-state index is 12.0. The summed E-state index contributed by atoms with van der Waals surface area (Å²) in [6.07, 6.45) is 1.61. The third-order valence-corrected chi connectivity index (χ3v) is 4.96. The molecule has 0 bridgehead atoms. The molecule has 1 N–H and O–H groups in total. The summed E-state index contributed by atoms with van der Waals surface area (Å²) < 4.78 is -0.876. The van der Waals surface area contributed by atoms with Crippen LogP contribution < -0.4 is 5.43 Å². The van der Waals surface area contributed by atoms with Gasteiger partial charge in [-0.05, 0) is 24.6 Å². The molecule has 2 aromatic carbocycles. The van der Waals surface area contributed by atoms with Crippen molar-refractivity contribution in [2.45, 2.75) is 17.2 Å². The number of hydrazone groups is 1. The number of carbonyl (C=O) groups excluding carboxylic acids is 1. The summed E-state index contributed by atoms with van der Waals surface area (Å²) in [5.74, 6) is -0.383. The Morgan fingerprint density at radius 3 is 2.43 bits per heavy atom. The van der Waals surface area contributed by atoms with E-state index in [2.05, 4.69) is 10.5 Å². The van der Waals surface area contributed by atoms with Gasteiger partial charge >= 0.3 is 0 Å². The van der Waals surface area contributed by atoms with Gasteiger partial charge in [0.25, 0.3) is 5.91 Å². The molecule has 1 amide bonds. The number of hydrogen-bond acceptors (Lipinski definition) is 2. The van der Waals surface area contributed by atoms with Crippen molar-refractivity contribution in [3.8, 4) is 0 Å². The lowest BCUT2D eigenvalue weighted by atomic mass is 10.1. The largest absolute Gasteiger partial charge is 0.271 e. The van der Waals surface area contributed by atoms with Crippen molar-refractivity contribution in [2.75, 3.05) is 0 Å². The number of nitrogens with zero attached hydrogens (tertiary/aromatic N) is 1. The van der Waals surface area contributed by atoms with Gasteiger partial charge in [-0.25, -0.2) is 5.43 Å². The Labute approximate surface area is 145 Å². The minimum Gasteiger partial charge on any atom is -0.267 e. The minimum absolute atomic E-state index is 0.00735. The van der Waals surface area contributed by atoms with E-state index in [0.29, 0.717) is 5.56 Å². The molecule has 0 unspecified atom stereocenters. The first kappa shape index (κ1) is 16.0. The molecule has 3 nitrogen and oxygen atoms in total. The summed E-state index contributed by atoms with van der Waals surface area (Å²) in [6.45, 7) is 1.97. The molecule has 1 aliphatic rings. The van der Waals surface area contributed by atoms with Crippen LogP contribution in [0.5, 0.6) is 0 Å². The molecule has 0 spiro atoms. The molecule has 0 radical (unpaired) electrons. The van der Waals surface area contributed by atoms with Gasteiger partial charge in [-0.15, -0.1) is 23.2 Å². The highest BCUT2D eigenvalue weighted by Crippen LogP contribution is 2.63. The summed E-state index contributed by atoms with van der Waals surface area (Å²) in [5, 5.41) is 4.01. The van der Waals surface area contributed by atoms with Gasteiger partial charge in [0.05, 0.1) is 0 Å². The first-order valence-electron chi connectivity index (χ1n) is 7.33. The first-order chi connectivity index (χ1) is 11.0. The molecule has 0 aliphatic heterocycles. The monoisotopic (exact) mass is 346 g/mol. The number of hydrogen-bond donors (Lipinski definition) is 1. The van der Waals surface area contributed by atoms with E-state index in [0.717, 1.165) is 11.1 Å². The van der Waals surface area contributed by atoms with Crippen molar-refractivity contribution in [1.29, 1.82) is 0 Å². The molecule has 5 heteroatoms. The number of aryl methyl sites for hydroxylation is 1. The fraction of sp³-hybridized carbons (Fsp3) is 0.222. The van der Waals surface area contributed by atoms with Crippen molar-refractivity contribution in [1.82, 2.24) is 5.43 Å². The first-order valence-corrected chi connectivity index (χ1v) is 8.08. The third kappa shape index (κ3) is 3.41. The Bertz CT molecular complexity index is 726. The molecule has 1 fully saturated rings. The second-order valence-corrected chi connectivity index (χ2v) is 7.12. The van der Waals surface area contributed by atoms with Crippen LogP contribution in [-0.4, -0.2) is 16.5 Å². The van der Waals surface area contributed by atoms with E-state index < -0.39 is 4.33 Å². The lowest BCUT2D eigenvalue weighted by Crippen LogP contribution is -2.17. The number of amides is 1. The molecule has 1 saturated carbocycles. The van der Waals surface area contributed by atoms with Crippen LogP contribution in [0.1, 0.15) is 27.4 Å². The van der Waals surface area contributed by atoms with Gasteiger partial charge in [0.1, 0.15) is 4.33 Å². The number of nitrogens with one attached hydrogen (secondary N) is 1.